The highest BCUT2D eigenvalue weighted by Crippen LogP contribution is 2.42. The Morgan fingerprint density at radius 1 is 1.03 bits per heavy atom. The Kier molecular flexibility index (Phi) is 6.31. The Labute approximate surface area is 217 Å². The van der Waals surface area contributed by atoms with Gasteiger partial charge in [-0.3, -0.25) is 9.80 Å². The third-order valence-electron chi connectivity index (χ3n) is 6.73. The predicted octanol–water partition coefficient (Wildman–Crippen LogP) is 4.03. The summed E-state index contributed by atoms with van der Waals surface area (Å²) in [6.45, 7) is 4.02. The maximum atomic E-state index is 13.4. The van der Waals surface area contributed by atoms with Gasteiger partial charge in [0.15, 0.2) is 5.13 Å². The summed E-state index contributed by atoms with van der Waals surface area (Å²) in [5.74, 6) is -0.101. The Morgan fingerprint density at radius 3 is 2.59 bits per heavy atom. The van der Waals surface area contributed by atoms with Crippen LogP contribution in [0.25, 0.3) is 11.4 Å². The number of carbonyl (C=O) groups is 1. The summed E-state index contributed by atoms with van der Waals surface area (Å²) in [6.07, 6.45) is 8.44. The van der Waals surface area contributed by atoms with Gasteiger partial charge in [0.2, 0.25) is 5.95 Å². The predicted molar refractivity (Wildman–Crippen MR) is 141 cm³/mol. The first-order valence-corrected chi connectivity index (χ1v) is 13.0. The van der Waals surface area contributed by atoms with Crippen LogP contribution in [0, 0.1) is 5.82 Å². The van der Waals surface area contributed by atoms with Gasteiger partial charge in [-0.05, 0) is 42.8 Å². The van der Waals surface area contributed by atoms with E-state index in [0.717, 1.165) is 34.5 Å². The zero-order chi connectivity index (χ0) is 25.4. The van der Waals surface area contributed by atoms with Gasteiger partial charge in [0.1, 0.15) is 11.5 Å². The van der Waals surface area contributed by atoms with Gasteiger partial charge in [0, 0.05) is 54.6 Å². The van der Waals surface area contributed by atoms with Gasteiger partial charge in [-0.25, -0.2) is 24.1 Å². The zero-order valence-corrected chi connectivity index (χ0v) is 20.9. The average Bonchev–Trinajstić information content (AvgIpc) is 3.54. The molecule has 0 saturated carbocycles. The zero-order valence-electron chi connectivity index (χ0n) is 20.1. The fourth-order valence-corrected chi connectivity index (χ4v) is 6.06. The Balaban J connectivity index is 1.27. The number of anilines is 3. The van der Waals surface area contributed by atoms with Gasteiger partial charge < -0.3 is 15.4 Å². The van der Waals surface area contributed by atoms with E-state index in [-0.39, 0.29) is 23.7 Å². The lowest BCUT2D eigenvalue weighted by Gasteiger charge is -2.26. The molecule has 1 unspecified atom stereocenters. The first-order valence-electron chi connectivity index (χ1n) is 12.2. The van der Waals surface area contributed by atoms with Gasteiger partial charge in [0.05, 0.1) is 18.9 Å². The Hall–Kier alpha value is -3.83. The highest BCUT2D eigenvalue weighted by Gasteiger charge is 2.34. The molecule has 190 valence electrons. The van der Waals surface area contributed by atoms with Crippen LogP contribution in [0.15, 0.2) is 60.5 Å². The number of thiazole rings is 1. The molecule has 1 aromatic carbocycles. The second kappa shape index (κ2) is 9.91. The molecule has 11 heteroatoms. The molecule has 2 saturated heterocycles. The van der Waals surface area contributed by atoms with Gasteiger partial charge in [0.25, 0.3) is 0 Å². The lowest BCUT2D eigenvalue weighted by Crippen LogP contribution is -2.36. The van der Waals surface area contributed by atoms with Crippen LogP contribution in [-0.4, -0.2) is 65.3 Å². The molecule has 2 amide bonds. The second-order valence-corrected chi connectivity index (χ2v) is 10.0. The van der Waals surface area contributed by atoms with Crippen molar-refractivity contribution < 1.29 is 13.9 Å². The number of allylic oxidation sites excluding steroid dienone is 4. The molecule has 9 nitrogen and oxygen atoms in total. The van der Waals surface area contributed by atoms with Crippen molar-refractivity contribution in [1.82, 2.24) is 19.9 Å². The second-order valence-electron chi connectivity index (χ2n) is 9.02. The number of halogens is 1. The first-order chi connectivity index (χ1) is 18.1. The molecule has 2 aliphatic heterocycles. The van der Waals surface area contributed by atoms with Crippen molar-refractivity contribution in [2.45, 2.75) is 12.3 Å². The topological polar surface area (TPSA) is 101 Å². The SMILES string of the molecule is Nc1nccc(-c2nc(N3CCOCC3)sc2C2C=CC=C(N3CCN(c4ccc(F)cc4)C3=O)C2)n1. The largest absolute Gasteiger partial charge is 0.378 e. The standard InChI is InChI=1S/C26H26FN7O2S/c27-18-4-6-19(7-5-18)33-10-11-34(26(33)35)20-3-1-2-17(16-20)23-22(21-8-9-29-24(28)30-21)31-25(37-23)32-12-14-36-15-13-32/h1-9,17H,10-16H2,(H2,28,29,30). The molecule has 0 radical (unpaired) electrons. The van der Waals surface area contributed by atoms with Gasteiger partial charge >= 0.3 is 6.03 Å². The lowest BCUT2D eigenvalue weighted by molar-refractivity contribution is 0.122. The molecule has 0 bridgehead atoms. The number of hydrogen-bond donors (Lipinski definition) is 1. The van der Waals surface area contributed by atoms with E-state index >= 15 is 0 Å². The number of morpholine rings is 1. The summed E-state index contributed by atoms with van der Waals surface area (Å²) in [4.78, 5) is 33.6. The third-order valence-corrected chi connectivity index (χ3v) is 7.98. The number of aromatic nitrogens is 3. The van der Waals surface area contributed by atoms with Crippen molar-refractivity contribution in [3.63, 3.8) is 0 Å². The minimum atomic E-state index is -0.322. The molecule has 1 aliphatic carbocycles. The molecule has 3 aromatic rings. The third kappa shape index (κ3) is 4.67. The van der Waals surface area contributed by atoms with Crippen LogP contribution in [0.3, 0.4) is 0 Å². The van der Waals surface area contributed by atoms with Crippen molar-refractivity contribution >= 4 is 34.1 Å². The average molecular weight is 520 g/mol. The number of hydrogen-bond acceptors (Lipinski definition) is 8. The van der Waals surface area contributed by atoms with Gasteiger partial charge in [-0.2, -0.15) is 0 Å². The molecule has 2 N–H and O–H groups in total. The molecule has 2 fully saturated rings. The summed E-state index contributed by atoms with van der Waals surface area (Å²) < 4.78 is 18.9. The summed E-state index contributed by atoms with van der Waals surface area (Å²) in [5.41, 5.74) is 9.00. The van der Waals surface area contributed by atoms with E-state index in [1.807, 2.05) is 23.1 Å². The number of nitrogens with two attached hydrogens (primary N) is 1. The van der Waals surface area contributed by atoms with E-state index in [9.17, 15) is 9.18 Å². The number of benzene rings is 1. The normalized spacial score (nSPS) is 20.0. The van der Waals surface area contributed by atoms with E-state index in [4.69, 9.17) is 15.5 Å². The van der Waals surface area contributed by atoms with Crippen LogP contribution >= 0.6 is 11.3 Å². The highest BCUT2D eigenvalue weighted by molar-refractivity contribution is 7.16. The summed E-state index contributed by atoms with van der Waals surface area (Å²) in [6, 6.07) is 7.75. The summed E-state index contributed by atoms with van der Waals surface area (Å²) in [7, 11) is 0. The number of amides is 2. The van der Waals surface area contributed by atoms with Crippen LogP contribution in [0.5, 0.6) is 0 Å². The molecule has 3 aliphatic rings. The molecule has 6 rings (SSSR count). The van der Waals surface area contributed by atoms with Crippen LogP contribution < -0.4 is 15.5 Å². The number of nitrogen functional groups attached to an aromatic ring is 1. The number of rotatable bonds is 5. The van der Waals surface area contributed by atoms with E-state index in [1.54, 1.807) is 34.6 Å². The van der Waals surface area contributed by atoms with Crippen molar-refractivity contribution in [3.8, 4) is 11.4 Å². The first kappa shape index (κ1) is 23.6. The number of carbonyl (C=O) groups excluding carboxylic acids is 1. The molecule has 37 heavy (non-hydrogen) atoms. The number of urea groups is 1. The van der Waals surface area contributed by atoms with Crippen LogP contribution in [0.2, 0.25) is 0 Å². The monoisotopic (exact) mass is 519 g/mol. The number of nitrogens with zero attached hydrogens (tertiary/aromatic N) is 6. The van der Waals surface area contributed by atoms with E-state index in [0.29, 0.717) is 44.1 Å². The Morgan fingerprint density at radius 2 is 1.81 bits per heavy atom. The highest BCUT2D eigenvalue weighted by atomic mass is 32.1. The smallest absolute Gasteiger partial charge is 0.328 e. The molecular formula is C26H26FN7O2S. The minimum absolute atomic E-state index is 0.0196. The molecular weight excluding hydrogens is 493 g/mol. The van der Waals surface area contributed by atoms with Crippen molar-refractivity contribution in [2.24, 2.45) is 0 Å². The van der Waals surface area contributed by atoms with Crippen molar-refractivity contribution in [3.05, 3.63) is 71.1 Å². The van der Waals surface area contributed by atoms with E-state index < -0.39 is 0 Å². The Bertz CT molecular complexity index is 1370. The lowest BCUT2D eigenvalue weighted by atomic mass is 9.94. The van der Waals surface area contributed by atoms with E-state index in [1.165, 1.54) is 12.1 Å². The number of ether oxygens (including phenoxy) is 1. The molecule has 0 spiro atoms. The van der Waals surface area contributed by atoms with E-state index in [2.05, 4.69) is 20.9 Å². The molecule has 1 atom stereocenters. The summed E-state index contributed by atoms with van der Waals surface area (Å²) in [5, 5.41) is 0.926. The molecule has 4 heterocycles. The maximum absolute atomic E-state index is 13.4. The molecule has 2 aromatic heterocycles. The fourth-order valence-electron chi connectivity index (χ4n) is 4.86. The summed E-state index contributed by atoms with van der Waals surface area (Å²) >= 11 is 1.65. The maximum Gasteiger partial charge on any atom is 0.328 e. The van der Waals surface area contributed by atoms with Crippen molar-refractivity contribution in [1.29, 1.82) is 0 Å². The quantitative estimate of drug-likeness (QED) is 0.543. The van der Waals surface area contributed by atoms with Gasteiger partial charge in [-0.1, -0.05) is 12.2 Å². The van der Waals surface area contributed by atoms with Crippen LogP contribution in [0.1, 0.15) is 17.2 Å². The van der Waals surface area contributed by atoms with Gasteiger partial charge in [-0.15, -0.1) is 11.3 Å². The fraction of sp³-hybridized carbons (Fsp3) is 0.308. The van der Waals surface area contributed by atoms with Crippen molar-refractivity contribution in [2.75, 3.05) is 54.9 Å². The minimum Gasteiger partial charge on any atom is -0.378 e. The van der Waals surface area contributed by atoms with Crippen LogP contribution in [0.4, 0.5) is 26.0 Å². The van der Waals surface area contributed by atoms with Crippen LogP contribution in [-0.2, 0) is 4.74 Å².